The molecule has 0 bridgehead atoms. The summed E-state index contributed by atoms with van der Waals surface area (Å²) in [4.78, 5) is 26.8. The summed E-state index contributed by atoms with van der Waals surface area (Å²) >= 11 is 1.38. The van der Waals surface area contributed by atoms with Gasteiger partial charge in [-0.3, -0.25) is 4.79 Å². The summed E-state index contributed by atoms with van der Waals surface area (Å²) in [5.74, 6) is -0.727. The number of ether oxygens (including phenoxy) is 1. The highest BCUT2D eigenvalue weighted by molar-refractivity contribution is 7.20. The number of esters is 1. The number of amides is 1. The third-order valence-electron chi connectivity index (χ3n) is 4.75. The standard InChI is InChI=1S/C26H21NO3S/c1-2-30-26(29)22-21(18-12-6-3-7-13-18)23(19-14-8-4-9-15-19)31-25(22)27-24(28)20-16-10-5-11-17-20/h3-17H,2H2,1H3,(H,27,28). The van der Waals surface area contributed by atoms with Crippen molar-refractivity contribution in [2.75, 3.05) is 11.9 Å². The van der Waals surface area contributed by atoms with E-state index in [0.29, 0.717) is 16.1 Å². The molecule has 1 N–H and O–H groups in total. The molecule has 0 spiro atoms. The van der Waals surface area contributed by atoms with E-state index in [1.54, 1.807) is 31.2 Å². The third-order valence-corrected chi connectivity index (χ3v) is 5.90. The maximum Gasteiger partial charge on any atom is 0.341 e. The van der Waals surface area contributed by atoms with Gasteiger partial charge in [-0.05, 0) is 30.2 Å². The number of nitrogens with one attached hydrogen (secondary N) is 1. The monoisotopic (exact) mass is 427 g/mol. The molecule has 0 aliphatic rings. The van der Waals surface area contributed by atoms with Gasteiger partial charge in [0.1, 0.15) is 10.6 Å². The fourth-order valence-electron chi connectivity index (χ4n) is 3.36. The summed E-state index contributed by atoms with van der Waals surface area (Å²) in [5.41, 5.74) is 3.52. The van der Waals surface area contributed by atoms with Crippen LogP contribution in [-0.2, 0) is 4.74 Å². The molecule has 154 valence electrons. The fraction of sp³-hybridized carbons (Fsp3) is 0.0769. The predicted molar refractivity (Wildman–Crippen MR) is 126 cm³/mol. The van der Waals surface area contributed by atoms with Gasteiger partial charge >= 0.3 is 5.97 Å². The Labute approximate surface area is 185 Å². The lowest BCUT2D eigenvalue weighted by Crippen LogP contribution is -2.14. The minimum Gasteiger partial charge on any atom is -0.462 e. The molecule has 0 saturated heterocycles. The predicted octanol–water partition coefficient (Wildman–Crippen LogP) is 6.51. The molecule has 4 aromatic rings. The number of carbonyl (C=O) groups is 2. The number of hydrogen-bond donors (Lipinski definition) is 1. The van der Waals surface area contributed by atoms with E-state index in [4.69, 9.17) is 4.74 Å². The molecule has 0 fully saturated rings. The number of rotatable bonds is 6. The zero-order valence-electron chi connectivity index (χ0n) is 17.0. The van der Waals surface area contributed by atoms with Gasteiger partial charge in [0.15, 0.2) is 0 Å². The van der Waals surface area contributed by atoms with E-state index in [1.165, 1.54) is 11.3 Å². The summed E-state index contributed by atoms with van der Waals surface area (Å²) in [5, 5.41) is 3.42. The molecule has 4 rings (SSSR count). The maximum absolute atomic E-state index is 13.1. The first-order valence-corrected chi connectivity index (χ1v) is 10.8. The van der Waals surface area contributed by atoms with Crippen LogP contribution in [0.15, 0.2) is 91.0 Å². The van der Waals surface area contributed by atoms with Crippen molar-refractivity contribution in [1.82, 2.24) is 0 Å². The SMILES string of the molecule is CCOC(=O)c1c(NC(=O)c2ccccc2)sc(-c2ccccc2)c1-c1ccccc1. The largest absolute Gasteiger partial charge is 0.462 e. The van der Waals surface area contributed by atoms with Gasteiger partial charge in [0.05, 0.1) is 6.61 Å². The number of benzene rings is 3. The summed E-state index contributed by atoms with van der Waals surface area (Å²) in [6.45, 7) is 2.02. The molecule has 1 amide bonds. The first-order chi connectivity index (χ1) is 15.2. The molecule has 0 unspecified atom stereocenters. The van der Waals surface area contributed by atoms with E-state index in [-0.39, 0.29) is 12.5 Å². The Morgan fingerprint density at radius 1 is 0.806 bits per heavy atom. The molecule has 0 aliphatic heterocycles. The zero-order valence-corrected chi connectivity index (χ0v) is 17.8. The number of anilines is 1. The van der Waals surface area contributed by atoms with Crippen molar-refractivity contribution >= 4 is 28.2 Å². The van der Waals surface area contributed by atoms with Gasteiger partial charge in [-0.2, -0.15) is 0 Å². The normalized spacial score (nSPS) is 10.5. The molecular formula is C26H21NO3S. The Hall–Kier alpha value is -3.70. The van der Waals surface area contributed by atoms with Gasteiger partial charge in [0.25, 0.3) is 5.91 Å². The summed E-state index contributed by atoms with van der Waals surface area (Å²) in [6, 6.07) is 28.5. The fourth-order valence-corrected chi connectivity index (χ4v) is 4.57. The van der Waals surface area contributed by atoms with Gasteiger partial charge in [-0.15, -0.1) is 11.3 Å². The van der Waals surface area contributed by atoms with E-state index in [0.717, 1.165) is 21.6 Å². The number of thiophene rings is 1. The average Bonchev–Trinajstić information content (AvgIpc) is 3.20. The maximum atomic E-state index is 13.1. The highest BCUT2D eigenvalue weighted by Crippen LogP contribution is 2.46. The van der Waals surface area contributed by atoms with E-state index in [9.17, 15) is 9.59 Å². The van der Waals surface area contributed by atoms with E-state index in [1.807, 2.05) is 66.7 Å². The van der Waals surface area contributed by atoms with Crippen molar-refractivity contribution in [3.8, 4) is 21.6 Å². The smallest absolute Gasteiger partial charge is 0.341 e. The van der Waals surface area contributed by atoms with Crippen LogP contribution in [0, 0.1) is 0 Å². The molecule has 31 heavy (non-hydrogen) atoms. The Balaban J connectivity index is 1.91. The molecule has 4 nitrogen and oxygen atoms in total. The lowest BCUT2D eigenvalue weighted by atomic mass is 9.98. The average molecular weight is 428 g/mol. The van der Waals surface area contributed by atoms with Crippen molar-refractivity contribution in [3.63, 3.8) is 0 Å². The zero-order chi connectivity index (χ0) is 21.6. The van der Waals surface area contributed by atoms with Crippen LogP contribution < -0.4 is 5.32 Å². The Bertz CT molecular complexity index is 1190. The second kappa shape index (κ2) is 9.41. The minimum absolute atomic E-state index is 0.246. The lowest BCUT2D eigenvalue weighted by Gasteiger charge is -2.10. The molecule has 3 aromatic carbocycles. The molecular weight excluding hydrogens is 406 g/mol. The van der Waals surface area contributed by atoms with Crippen molar-refractivity contribution in [2.24, 2.45) is 0 Å². The molecule has 1 heterocycles. The third kappa shape index (κ3) is 4.42. The van der Waals surface area contributed by atoms with Crippen LogP contribution in [-0.4, -0.2) is 18.5 Å². The van der Waals surface area contributed by atoms with Crippen LogP contribution in [0.4, 0.5) is 5.00 Å². The first-order valence-electron chi connectivity index (χ1n) is 10.00. The summed E-state index contributed by atoms with van der Waals surface area (Å²) < 4.78 is 5.38. The lowest BCUT2D eigenvalue weighted by molar-refractivity contribution is 0.0529. The van der Waals surface area contributed by atoms with Gasteiger partial charge in [-0.25, -0.2) is 4.79 Å². The second-order valence-corrected chi connectivity index (χ2v) is 7.80. The highest BCUT2D eigenvalue weighted by atomic mass is 32.1. The van der Waals surface area contributed by atoms with Crippen LogP contribution in [0.2, 0.25) is 0 Å². The summed E-state index contributed by atoms with van der Waals surface area (Å²) in [6.07, 6.45) is 0. The highest BCUT2D eigenvalue weighted by Gasteiger charge is 2.27. The summed E-state index contributed by atoms with van der Waals surface area (Å²) in [7, 11) is 0. The van der Waals surface area contributed by atoms with Gasteiger partial charge in [0, 0.05) is 16.0 Å². The van der Waals surface area contributed by atoms with Crippen molar-refractivity contribution in [1.29, 1.82) is 0 Å². The topological polar surface area (TPSA) is 55.4 Å². The molecule has 0 radical (unpaired) electrons. The van der Waals surface area contributed by atoms with Crippen molar-refractivity contribution in [2.45, 2.75) is 6.92 Å². The molecule has 0 aliphatic carbocycles. The molecule has 5 heteroatoms. The van der Waals surface area contributed by atoms with E-state index >= 15 is 0 Å². The van der Waals surface area contributed by atoms with Gasteiger partial charge in [-0.1, -0.05) is 78.9 Å². The number of carbonyl (C=O) groups excluding carboxylic acids is 2. The van der Waals surface area contributed by atoms with Crippen molar-refractivity contribution < 1.29 is 14.3 Å². The van der Waals surface area contributed by atoms with E-state index in [2.05, 4.69) is 5.32 Å². The molecule has 0 saturated carbocycles. The van der Waals surface area contributed by atoms with Crippen LogP contribution in [0.3, 0.4) is 0 Å². The number of hydrogen-bond acceptors (Lipinski definition) is 4. The Kier molecular flexibility index (Phi) is 6.24. The first kappa shape index (κ1) is 20.6. The van der Waals surface area contributed by atoms with Gasteiger partial charge in [0.2, 0.25) is 0 Å². The Morgan fingerprint density at radius 2 is 1.35 bits per heavy atom. The van der Waals surface area contributed by atoms with Crippen molar-refractivity contribution in [3.05, 3.63) is 102 Å². The van der Waals surface area contributed by atoms with Crippen LogP contribution >= 0.6 is 11.3 Å². The quantitative estimate of drug-likeness (QED) is 0.357. The molecule has 1 aromatic heterocycles. The molecule has 0 atom stereocenters. The van der Waals surface area contributed by atoms with E-state index < -0.39 is 5.97 Å². The van der Waals surface area contributed by atoms with Crippen LogP contribution in [0.5, 0.6) is 0 Å². The van der Waals surface area contributed by atoms with Crippen LogP contribution in [0.1, 0.15) is 27.6 Å². The minimum atomic E-state index is -0.455. The Morgan fingerprint density at radius 3 is 1.94 bits per heavy atom. The second-order valence-electron chi connectivity index (χ2n) is 6.78. The van der Waals surface area contributed by atoms with Gasteiger partial charge < -0.3 is 10.1 Å². The van der Waals surface area contributed by atoms with Crippen LogP contribution in [0.25, 0.3) is 21.6 Å².